The first-order valence-corrected chi connectivity index (χ1v) is 7.34. The Hall–Kier alpha value is -1.12. The fourth-order valence-corrected chi connectivity index (χ4v) is 3.51. The number of hydrogen-bond acceptors (Lipinski definition) is 2. The molecule has 1 N–H and O–H groups in total. The van der Waals surface area contributed by atoms with Gasteiger partial charge in [-0.2, -0.15) is 0 Å². The van der Waals surface area contributed by atoms with Gasteiger partial charge < -0.3 is 10.1 Å². The van der Waals surface area contributed by atoms with Gasteiger partial charge >= 0.3 is 0 Å². The Kier molecular flexibility index (Phi) is 3.46. The van der Waals surface area contributed by atoms with Crippen LogP contribution in [0.5, 0.6) is 0 Å². The van der Waals surface area contributed by atoms with E-state index < -0.39 is 0 Å². The molecule has 2 nitrogen and oxygen atoms in total. The van der Waals surface area contributed by atoms with Crippen LogP contribution >= 0.6 is 0 Å². The molecule has 102 valence electrons. The lowest BCUT2D eigenvalue weighted by Crippen LogP contribution is -2.36. The molecule has 0 fully saturated rings. The largest absolute Gasteiger partial charge is 0.371 e. The lowest BCUT2D eigenvalue weighted by molar-refractivity contribution is -0.0156. The van der Waals surface area contributed by atoms with Gasteiger partial charge in [-0.05, 0) is 68.5 Å². The predicted molar refractivity (Wildman–Crippen MR) is 79.2 cm³/mol. The van der Waals surface area contributed by atoms with E-state index in [-0.39, 0.29) is 5.60 Å². The van der Waals surface area contributed by atoms with E-state index >= 15 is 0 Å². The summed E-state index contributed by atoms with van der Waals surface area (Å²) >= 11 is 0. The van der Waals surface area contributed by atoms with E-state index in [9.17, 15) is 0 Å². The van der Waals surface area contributed by atoms with E-state index in [1.807, 2.05) is 7.05 Å². The van der Waals surface area contributed by atoms with E-state index in [1.165, 1.54) is 23.1 Å². The van der Waals surface area contributed by atoms with Crippen LogP contribution in [0.25, 0.3) is 5.57 Å². The third kappa shape index (κ3) is 2.24. The topological polar surface area (TPSA) is 21.3 Å². The highest BCUT2D eigenvalue weighted by atomic mass is 16.5. The second-order valence-corrected chi connectivity index (χ2v) is 5.83. The molecule has 1 aromatic carbocycles. The van der Waals surface area contributed by atoms with E-state index in [2.05, 4.69) is 36.5 Å². The first-order chi connectivity index (χ1) is 9.24. The molecule has 0 saturated carbocycles. The average molecular weight is 257 g/mol. The van der Waals surface area contributed by atoms with Crippen molar-refractivity contribution in [3.05, 3.63) is 41.0 Å². The van der Waals surface area contributed by atoms with Gasteiger partial charge in [0.15, 0.2) is 0 Å². The van der Waals surface area contributed by atoms with E-state index in [4.69, 9.17) is 4.74 Å². The molecule has 1 aliphatic carbocycles. The van der Waals surface area contributed by atoms with Gasteiger partial charge in [-0.15, -0.1) is 0 Å². The zero-order valence-electron chi connectivity index (χ0n) is 12.0. The van der Waals surface area contributed by atoms with Gasteiger partial charge in [0.1, 0.15) is 0 Å². The lowest BCUT2D eigenvalue weighted by Gasteiger charge is -2.36. The van der Waals surface area contributed by atoms with Crippen molar-refractivity contribution in [3.8, 4) is 0 Å². The number of nitrogens with one attached hydrogen (secondary N) is 1. The number of fused-ring (bicyclic) bond motifs is 2. The lowest BCUT2D eigenvalue weighted by atomic mass is 9.84. The quantitative estimate of drug-likeness (QED) is 0.837. The molecule has 0 bridgehead atoms. The molecule has 1 heterocycles. The predicted octanol–water partition coefficient (Wildman–Crippen LogP) is 3.17. The zero-order valence-corrected chi connectivity index (χ0v) is 12.0. The third-order valence-electron chi connectivity index (χ3n) is 4.57. The van der Waals surface area contributed by atoms with Crippen LogP contribution in [-0.4, -0.2) is 25.8 Å². The molecule has 0 radical (unpaired) electrons. The summed E-state index contributed by atoms with van der Waals surface area (Å²) in [7, 11) is 2.01. The van der Waals surface area contributed by atoms with Crippen LogP contribution in [0.3, 0.4) is 0 Å². The summed E-state index contributed by atoms with van der Waals surface area (Å²) < 4.78 is 6.17. The molecule has 1 unspecified atom stereocenters. The zero-order chi connectivity index (χ0) is 13.3. The van der Waals surface area contributed by atoms with E-state index in [0.717, 1.165) is 32.4 Å². The summed E-state index contributed by atoms with van der Waals surface area (Å²) in [5.74, 6) is 0. The summed E-state index contributed by atoms with van der Waals surface area (Å²) in [4.78, 5) is 0. The highest BCUT2D eigenvalue weighted by molar-refractivity contribution is 5.78. The third-order valence-corrected chi connectivity index (χ3v) is 4.57. The molecule has 0 amide bonds. The van der Waals surface area contributed by atoms with Gasteiger partial charge in [0.25, 0.3) is 0 Å². The van der Waals surface area contributed by atoms with Gasteiger partial charge in [-0.25, -0.2) is 0 Å². The molecule has 2 aliphatic rings. The minimum absolute atomic E-state index is 0.0521. The Labute approximate surface area is 115 Å². The summed E-state index contributed by atoms with van der Waals surface area (Å²) in [6, 6.07) is 8.84. The molecule has 1 aliphatic heterocycles. The van der Waals surface area contributed by atoms with Crippen LogP contribution in [0.15, 0.2) is 29.8 Å². The smallest absolute Gasteiger partial charge is 0.0873 e. The molecule has 1 atom stereocenters. The molecule has 3 rings (SSSR count). The first kappa shape index (κ1) is 12.9. The molecule has 2 heteroatoms. The van der Waals surface area contributed by atoms with Gasteiger partial charge in [-0.3, -0.25) is 0 Å². The van der Waals surface area contributed by atoms with Gasteiger partial charge in [0.05, 0.1) is 12.2 Å². The Bertz CT molecular complexity index is 506. The van der Waals surface area contributed by atoms with Crippen molar-refractivity contribution in [1.82, 2.24) is 5.32 Å². The minimum Gasteiger partial charge on any atom is -0.371 e. The molecule has 0 aromatic heterocycles. The van der Waals surface area contributed by atoms with Crippen LogP contribution in [-0.2, 0) is 11.2 Å². The van der Waals surface area contributed by atoms with E-state index in [1.54, 1.807) is 5.57 Å². The Balaban J connectivity index is 1.88. The maximum atomic E-state index is 6.17. The molecular formula is C17H23NO. The van der Waals surface area contributed by atoms with Crippen molar-refractivity contribution >= 4 is 5.57 Å². The summed E-state index contributed by atoms with van der Waals surface area (Å²) in [5.41, 5.74) is 6.01. The molecular weight excluding hydrogens is 234 g/mol. The Morgan fingerprint density at radius 1 is 1.32 bits per heavy atom. The highest BCUT2D eigenvalue weighted by Gasteiger charge is 2.38. The summed E-state index contributed by atoms with van der Waals surface area (Å²) in [5, 5.41) is 3.23. The summed E-state index contributed by atoms with van der Waals surface area (Å²) in [6.07, 6.45) is 4.44. The highest BCUT2D eigenvalue weighted by Crippen LogP contribution is 2.45. The summed E-state index contributed by atoms with van der Waals surface area (Å²) in [6.45, 7) is 4.21. The van der Waals surface area contributed by atoms with Crippen LogP contribution in [0.1, 0.15) is 37.3 Å². The van der Waals surface area contributed by atoms with Gasteiger partial charge in [0, 0.05) is 0 Å². The van der Waals surface area contributed by atoms with Gasteiger partial charge in [-0.1, -0.05) is 24.3 Å². The van der Waals surface area contributed by atoms with Crippen LogP contribution in [0.4, 0.5) is 0 Å². The number of hydrogen-bond donors (Lipinski definition) is 1. The maximum Gasteiger partial charge on any atom is 0.0873 e. The van der Waals surface area contributed by atoms with Crippen molar-refractivity contribution < 1.29 is 4.74 Å². The Morgan fingerprint density at radius 3 is 3.00 bits per heavy atom. The Morgan fingerprint density at radius 2 is 2.16 bits per heavy atom. The fraction of sp³-hybridized carbons (Fsp3) is 0.529. The average Bonchev–Trinajstić information content (AvgIpc) is 2.80. The SMILES string of the molecule is CNCCCC1(C)OCCC2=C1Cc1ccccc12. The minimum atomic E-state index is -0.0521. The molecule has 1 aromatic rings. The van der Waals surface area contributed by atoms with Crippen molar-refractivity contribution in [2.75, 3.05) is 20.2 Å². The van der Waals surface area contributed by atoms with E-state index in [0.29, 0.717) is 0 Å². The molecule has 0 saturated heterocycles. The molecule has 0 spiro atoms. The number of rotatable bonds is 4. The van der Waals surface area contributed by atoms with Crippen LogP contribution in [0.2, 0.25) is 0 Å². The second-order valence-electron chi connectivity index (χ2n) is 5.83. The standard InChI is InChI=1S/C17H23NO/c1-17(9-5-10-18-2)16-12-13-6-3-4-7-14(13)15(16)8-11-19-17/h3-4,6-7,18H,5,8-12H2,1-2H3. The molecule has 19 heavy (non-hydrogen) atoms. The van der Waals surface area contributed by atoms with Gasteiger partial charge in [0.2, 0.25) is 0 Å². The fourth-order valence-electron chi connectivity index (χ4n) is 3.51. The van der Waals surface area contributed by atoms with Crippen molar-refractivity contribution in [1.29, 1.82) is 0 Å². The normalized spacial score (nSPS) is 25.4. The monoisotopic (exact) mass is 257 g/mol. The first-order valence-electron chi connectivity index (χ1n) is 7.34. The van der Waals surface area contributed by atoms with Crippen LogP contribution < -0.4 is 5.32 Å². The second kappa shape index (κ2) is 5.10. The number of ether oxygens (including phenoxy) is 1. The van der Waals surface area contributed by atoms with Crippen molar-refractivity contribution in [2.45, 2.75) is 38.2 Å². The van der Waals surface area contributed by atoms with Crippen LogP contribution in [0, 0.1) is 0 Å². The van der Waals surface area contributed by atoms with Crippen molar-refractivity contribution in [3.63, 3.8) is 0 Å². The maximum absolute atomic E-state index is 6.17. The van der Waals surface area contributed by atoms with Crippen molar-refractivity contribution in [2.24, 2.45) is 0 Å². The number of benzene rings is 1.